The highest BCUT2D eigenvalue weighted by Crippen LogP contribution is 2.33. The summed E-state index contributed by atoms with van der Waals surface area (Å²) in [6, 6.07) is 16.2. The van der Waals surface area contributed by atoms with Gasteiger partial charge in [0, 0.05) is 43.0 Å². The molecule has 1 aromatic heterocycles. The first-order valence-electron chi connectivity index (χ1n) is 10.5. The second-order valence-electron chi connectivity index (χ2n) is 7.81. The predicted molar refractivity (Wildman–Crippen MR) is 120 cm³/mol. The van der Waals surface area contributed by atoms with Gasteiger partial charge in [0.2, 0.25) is 5.91 Å². The molecule has 0 radical (unpaired) electrons. The van der Waals surface area contributed by atoms with Gasteiger partial charge in [0.05, 0.1) is 0 Å². The molecule has 0 bridgehead atoms. The number of aryl methyl sites for hydroxylation is 2. The molecule has 1 aliphatic heterocycles. The summed E-state index contributed by atoms with van der Waals surface area (Å²) in [6.45, 7) is 4.65. The van der Waals surface area contributed by atoms with Crippen molar-refractivity contribution in [3.05, 3.63) is 83.2 Å². The molecule has 1 aliphatic rings. The molecule has 0 unspecified atom stereocenters. The molecule has 0 saturated carbocycles. The van der Waals surface area contributed by atoms with Gasteiger partial charge in [0.15, 0.2) is 5.78 Å². The Bertz CT molecular complexity index is 1090. The number of benzene rings is 2. The van der Waals surface area contributed by atoms with Gasteiger partial charge >= 0.3 is 0 Å². The number of carbonyl (C=O) groups excluding carboxylic acids is 2. The maximum Gasteiger partial charge on any atom is 0.226 e. The van der Waals surface area contributed by atoms with Crippen molar-refractivity contribution in [1.29, 1.82) is 0 Å². The Labute approximate surface area is 177 Å². The molecule has 0 spiro atoms. The van der Waals surface area contributed by atoms with Gasteiger partial charge in [-0.15, -0.1) is 0 Å². The standard InChI is InChI=1S/C26H26N2O2/c1-3-26(30)28-14-12-22-16-21(8-10-24(22)28)20-7-9-23(18(2)15-20)25(29)11-6-19-5-4-13-27-17-19/h4-5,7-10,13,15-17H,3,6,11-12,14H2,1-2H3. The molecule has 4 heteroatoms. The Hall–Kier alpha value is -3.27. The zero-order chi connectivity index (χ0) is 21.1. The van der Waals surface area contributed by atoms with Crippen molar-refractivity contribution >= 4 is 17.4 Å². The third-order valence-electron chi connectivity index (χ3n) is 5.80. The van der Waals surface area contributed by atoms with E-state index >= 15 is 0 Å². The number of pyridine rings is 1. The topological polar surface area (TPSA) is 50.3 Å². The zero-order valence-electron chi connectivity index (χ0n) is 17.5. The second-order valence-corrected chi connectivity index (χ2v) is 7.81. The maximum absolute atomic E-state index is 12.7. The fourth-order valence-electron chi connectivity index (χ4n) is 4.13. The van der Waals surface area contributed by atoms with Crippen LogP contribution in [0.1, 0.15) is 46.8 Å². The van der Waals surface area contributed by atoms with E-state index in [1.54, 1.807) is 6.20 Å². The average molecular weight is 399 g/mol. The molecule has 4 nitrogen and oxygen atoms in total. The Morgan fingerprint density at radius 2 is 1.87 bits per heavy atom. The minimum atomic E-state index is 0.158. The monoisotopic (exact) mass is 398 g/mol. The third-order valence-corrected chi connectivity index (χ3v) is 5.80. The van der Waals surface area contributed by atoms with Crippen molar-refractivity contribution in [2.45, 2.75) is 39.5 Å². The summed E-state index contributed by atoms with van der Waals surface area (Å²) in [5, 5.41) is 0. The molecular formula is C26H26N2O2. The van der Waals surface area contributed by atoms with Gasteiger partial charge in [-0.05, 0) is 65.8 Å². The van der Waals surface area contributed by atoms with Gasteiger partial charge in [-0.25, -0.2) is 0 Å². The Morgan fingerprint density at radius 3 is 2.60 bits per heavy atom. The highest BCUT2D eigenvalue weighted by molar-refractivity contribution is 5.98. The predicted octanol–water partition coefficient (Wildman–Crippen LogP) is 5.17. The lowest BCUT2D eigenvalue weighted by molar-refractivity contribution is -0.118. The van der Waals surface area contributed by atoms with Crippen LogP contribution in [0.3, 0.4) is 0 Å². The number of anilines is 1. The number of fused-ring (bicyclic) bond motifs is 1. The van der Waals surface area contributed by atoms with E-state index in [1.165, 1.54) is 5.56 Å². The van der Waals surface area contributed by atoms with Gasteiger partial charge in [0.25, 0.3) is 0 Å². The molecule has 0 saturated heterocycles. The smallest absolute Gasteiger partial charge is 0.226 e. The third kappa shape index (κ3) is 4.04. The Kier molecular flexibility index (Phi) is 5.75. The van der Waals surface area contributed by atoms with Crippen molar-refractivity contribution in [2.24, 2.45) is 0 Å². The average Bonchev–Trinajstić information content (AvgIpc) is 3.21. The van der Waals surface area contributed by atoms with Gasteiger partial charge in [-0.1, -0.05) is 37.3 Å². The van der Waals surface area contributed by atoms with Crippen LogP contribution in [0.25, 0.3) is 11.1 Å². The second kappa shape index (κ2) is 8.62. The SMILES string of the molecule is CCC(=O)N1CCc2cc(-c3ccc(C(=O)CCc4cccnc4)c(C)c3)ccc21. The highest BCUT2D eigenvalue weighted by atomic mass is 16.2. The Morgan fingerprint density at radius 1 is 1.07 bits per heavy atom. The fraction of sp³-hybridized carbons (Fsp3) is 0.269. The summed E-state index contributed by atoms with van der Waals surface area (Å²) in [5.74, 6) is 0.331. The first-order chi connectivity index (χ1) is 14.6. The minimum absolute atomic E-state index is 0.158. The Balaban J connectivity index is 1.51. The van der Waals surface area contributed by atoms with Gasteiger partial charge in [-0.2, -0.15) is 0 Å². The number of hydrogen-bond donors (Lipinski definition) is 0. The van der Waals surface area contributed by atoms with Crippen LogP contribution in [0, 0.1) is 6.92 Å². The van der Waals surface area contributed by atoms with E-state index in [0.29, 0.717) is 19.3 Å². The van der Waals surface area contributed by atoms with Crippen LogP contribution in [0.5, 0.6) is 0 Å². The van der Waals surface area contributed by atoms with Crippen molar-refractivity contribution in [1.82, 2.24) is 4.98 Å². The molecule has 4 rings (SSSR count). The number of rotatable bonds is 6. The summed E-state index contributed by atoms with van der Waals surface area (Å²) in [6.07, 6.45) is 6.14. The van der Waals surface area contributed by atoms with E-state index < -0.39 is 0 Å². The van der Waals surface area contributed by atoms with Crippen molar-refractivity contribution in [2.75, 3.05) is 11.4 Å². The molecule has 2 aromatic carbocycles. The number of nitrogens with zero attached hydrogens (tertiary/aromatic N) is 2. The van der Waals surface area contributed by atoms with Crippen LogP contribution in [0.2, 0.25) is 0 Å². The molecule has 3 aromatic rings. The van der Waals surface area contributed by atoms with Crippen LogP contribution in [-0.4, -0.2) is 23.2 Å². The molecule has 152 valence electrons. The van der Waals surface area contributed by atoms with E-state index in [0.717, 1.165) is 46.5 Å². The molecular weight excluding hydrogens is 372 g/mol. The van der Waals surface area contributed by atoms with E-state index in [1.807, 2.05) is 55.3 Å². The van der Waals surface area contributed by atoms with E-state index in [2.05, 4.69) is 23.2 Å². The summed E-state index contributed by atoms with van der Waals surface area (Å²) in [5.41, 5.74) is 7.31. The van der Waals surface area contributed by atoms with Crippen molar-refractivity contribution in [3.8, 4) is 11.1 Å². The van der Waals surface area contributed by atoms with Crippen LogP contribution in [0.4, 0.5) is 5.69 Å². The lowest BCUT2D eigenvalue weighted by Crippen LogP contribution is -2.27. The molecule has 30 heavy (non-hydrogen) atoms. The molecule has 0 fully saturated rings. The first-order valence-corrected chi connectivity index (χ1v) is 10.5. The number of Topliss-reactive ketones (excluding diaryl/α,β-unsaturated/α-hetero) is 1. The van der Waals surface area contributed by atoms with Crippen LogP contribution < -0.4 is 4.90 Å². The molecule has 0 N–H and O–H groups in total. The summed E-state index contributed by atoms with van der Waals surface area (Å²) in [7, 11) is 0. The first kappa shape index (κ1) is 20.0. The van der Waals surface area contributed by atoms with Gasteiger partial charge in [0.1, 0.15) is 0 Å². The van der Waals surface area contributed by atoms with Crippen LogP contribution in [0.15, 0.2) is 60.9 Å². The van der Waals surface area contributed by atoms with Crippen molar-refractivity contribution in [3.63, 3.8) is 0 Å². The van der Waals surface area contributed by atoms with E-state index in [4.69, 9.17) is 0 Å². The van der Waals surface area contributed by atoms with E-state index in [9.17, 15) is 9.59 Å². The summed E-state index contributed by atoms with van der Waals surface area (Å²) < 4.78 is 0. The normalized spacial score (nSPS) is 12.7. The molecule has 0 atom stereocenters. The fourth-order valence-corrected chi connectivity index (χ4v) is 4.13. The quantitative estimate of drug-likeness (QED) is 0.538. The molecule has 0 aliphatic carbocycles. The zero-order valence-corrected chi connectivity index (χ0v) is 17.5. The van der Waals surface area contributed by atoms with E-state index in [-0.39, 0.29) is 11.7 Å². The number of aromatic nitrogens is 1. The highest BCUT2D eigenvalue weighted by Gasteiger charge is 2.23. The van der Waals surface area contributed by atoms with Crippen molar-refractivity contribution < 1.29 is 9.59 Å². The summed E-state index contributed by atoms with van der Waals surface area (Å²) in [4.78, 5) is 30.8. The number of hydrogen-bond acceptors (Lipinski definition) is 3. The van der Waals surface area contributed by atoms with Gasteiger partial charge < -0.3 is 4.90 Å². The molecule has 2 heterocycles. The minimum Gasteiger partial charge on any atom is -0.312 e. The number of ketones is 1. The van der Waals surface area contributed by atoms with Gasteiger partial charge in [-0.3, -0.25) is 14.6 Å². The lowest BCUT2D eigenvalue weighted by atomic mass is 9.94. The number of amides is 1. The summed E-state index contributed by atoms with van der Waals surface area (Å²) >= 11 is 0. The molecule has 1 amide bonds. The van der Waals surface area contributed by atoms with Crippen LogP contribution in [-0.2, 0) is 17.6 Å². The van der Waals surface area contributed by atoms with Crippen LogP contribution >= 0.6 is 0 Å². The largest absolute Gasteiger partial charge is 0.312 e. The maximum atomic E-state index is 12.7. The number of carbonyl (C=O) groups is 2. The lowest BCUT2D eigenvalue weighted by Gasteiger charge is -2.16.